The molecule has 0 aliphatic carbocycles. The van der Waals surface area contributed by atoms with Gasteiger partial charge >= 0.3 is 0 Å². The summed E-state index contributed by atoms with van der Waals surface area (Å²) in [5.74, 6) is -4.00. The van der Waals surface area contributed by atoms with Crippen molar-refractivity contribution in [2.45, 2.75) is 19.3 Å². The highest BCUT2D eigenvalue weighted by Gasteiger charge is 2.20. The van der Waals surface area contributed by atoms with Gasteiger partial charge in [-0.3, -0.25) is 0 Å². The summed E-state index contributed by atoms with van der Waals surface area (Å²) in [7, 11) is 0. The van der Waals surface area contributed by atoms with E-state index >= 15 is 0 Å². The number of benzene rings is 1. The van der Waals surface area contributed by atoms with Gasteiger partial charge in [-0.1, -0.05) is 6.92 Å². The normalized spacial score (nSPS) is 12.9. The minimum atomic E-state index is -1.44. The molecule has 2 N–H and O–H groups in total. The lowest BCUT2D eigenvalue weighted by Gasteiger charge is -2.13. The zero-order valence-electron chi connectivity index (χ0n) is 8.16. The Morgan fingerprint density at radius 2 is 1.87 bits per heavy atom. The lowest BCUT2D eigenvalue weighted by atomic mass is 9.97. The summed E-state index contributed by atoms with van der Waals surface area (Å²) in [6.07, 6.45) is 0.522. The zero-order valence-corrected chi connectivity index (χ0v) is 9.74. The van der Waals surface area contributed by atoms with Crippen molar-refractivity contribution in [1.29, 1.82) is 0 Å². The van der Waals surface area contributed by atoms with Gasteiger partial charge in [-0.25, -0.2) is 13.2 Å². The molecule has 0 amide bonds. The van der Waals surface area contributed by atoms with Crippen LogP contribution in [0, 0.1) is 17.5 Å². The number of nitrogens with two attached hydrogens (primary N) is 1. The van der Waals surface area contributed by atoms with E-state index in [-0.39, 0.29) is 16.0 Å². The molecule has 0 spiro atoms. The summed E-state index contributed by atoms with van der Waals surface area (Å²) in [6.45, 7) is 2.09. The monoisotopic (exact) mass is 281 g/mol. The molecule has 0 bridgehead atoms. The molecular weight excluding hydrogens is 271 g/mol. The summed E-state index contributed by atoms with van der Waals surface area (Å²) < 4.78 is 39.2. The Hall–Kier alpha value is -0.550. The van der Waals surface area contributed by atoms with Gasteiger partial charge in [0.25, 0.3) is 0 Å². The second kappa shape index (κ2) is 4.99. The van der Waals surface area contributed by atoms with E-state index in [2.05, 4.69) is 15.9 Å². The van der Waals surface area contributed by atoms with Crippen molar-refractivity contribution >= 4 is 15.9 Å². The topological polar surface area (TPSA) is 26.0 Å². The van der Waals surface area contributed by atoms with E-state index in [0.717, 1.165) is 0 Å². The Bertz CT molecular complexity index is 368. The minimum absolute atomic E-state index is 0.0692. The van der Waals surface area contributed by atoms with E-state index in [9.17, 15) is 13.2 Å². The first-order valence-electron chi connectivity index (χ1n) is 4.52. The predicted octanol–water partition coefficient (Wildman–Crippen LogP) is 3.32. The van der Waals surface area contributed by atoms with Gasteiger partial charge in [0.1, 0.15) is 0 Å². The van der Waals surface area contributed by atoms with Crippen molar-refractivity contribution in [3.8, 4) is 0 Å². The van der Waals surface area contributed by atoms with E-state index < -0.39 is 17.5 Å². The highest BCUT2D eigenvalue weighted by atomic mass is 79.9. The molecule has 1 aromatic rings. The molecule has 0 radical (unpaired) electrons. The molecule has 1 aromatic carbocycles. The van der Waals surface area contributed by atoms with Gasteiger partial charge in [0.2, 0.25) is 0 Å². The van der Waals surface area contributed by atoms with Crippen molar-refractivity contribution in [2.24, 2.45) is 5.73 Å². The molecule has 84 valence electrons. The molecule has 0 saturated carbocycles. The first-order chi connectivity index (χ1) is 6.99. The second-order valence-electron chi connectivity index (χ2n) is 3.37. The third-order valence-corrected chi connectivity index (χ3v) is 2.84. The minimum Gasteiger partial charge on any atom is -0.330 e. The zero-order chi connectivity index (χ0) is 11.6. The molecule has 0 aliphatic heterocycles. The van der Waals surface area contributed by atoms with E-state index in [0.29, 0.717) is 13.0 Å². The van der Waals surface area contributed by atoms with Gasteiger partial charge in [0.05, 0.1) is 4.47 Å². The van der Waals surface area contributed by atoms with Gasteiger partial charge < -0.3 is 5.73 Å². The van der Waals surface area contributed by atoms with Gasteiger partial charge in [0.15, 0.2) is 17.5 Å². The van der Waals surface area contributed by atoms with Crippen LogP contribution in [0.25, 0.3) is 0 Å². The standard InChI is InChI=1S/C10H11BrF3N/c1-5(2-3-15)6-4-7(11)9(13)10(14)8(6)12/h4-5H,2-3,15H2,1H3. The highest BCUT2D eigenvalue weighted by Crippen LogP contribution is 2.29. The average Bonchev–Trinajstić information content (AvgIpc) is 2.20. The molecule has 1 nitrogen and oxygen atoms in total. The summed E-state index contributed by atoms with van der Waals surface area (Å²) in [5.41, 5.74) is 5.47. The summed E-state index contributed by atoms with van der Waals surface area (Å²) >= 11 is 2.84. The van der Waals surface area contributed by atoms with Crippen LogP contribution in [0.1, 0.15) is 24.8 Å². The quantitative estimate of drug-likeness (QED) is 0.668. The lowest BCUT2D eigenvalue weighted by Crippen LogP contribution is -2.08. The Balaban J connectivity index is 3.19. The van der Waals surface area contributed by atoms with Gasteiger partial charge in [0, 0.05) is 0 Å². The van der Waals surface area contributed by atoms with Crippen LogP contribution in [0.15, 0.2) is 10.5 Å². The fraction of sp³-hybridized carbons (Fsp3) is 0.400. The first-order valence-corrected chi connectivity index (χ1v) is 5.31. The molecule has 0 heterocycles. The lowest BCUT2D eigenvalue weighted by molar-refractivity contribution is 0.432. The SMILES string of the molecule is CC(CCN)c1cc(Br)c(F)c(F)c1F. The molecule has 0 saturated heterocycles. The van der Waals surface area contributed by atoms with E-state index in [1.165, 1.54) is 6.07 Å². The summed E-state index contributed by atoms with van der Waals surface area (Å²) in [4.78, 5) is 0. The fourth-order valence-corrected chi connectivity index (χ4v) is 1.78. The van der Waals surface area contributed by atoms with Crippen molar-refractivity contribution in [2.75, 3.05) is 6.54 Å². The molecule has 0 fully saturated rings. The molecule has 5 heteroatoms. The Morgan fingerprint density at radius 3 is 2.40 bits per heavy atom. The third kappa shape index (κ3) is 2.52. The molecule has 15 heavy (non-hydrogen) atoms. The Labute approximate surface area is 94.6 Å². The molecule has 0 aliphatic rings. The van der Waals surface area contributed by atoms with Gasteiger partial charge in [-0.2, -0.15) is 0 Å². The van der Waals surface area contributed by atoms with Crippen LogP contribution in [-0.4, -0.2) is 6.54 Å². The van der Waals surface area contributed by atoms with E-state index in [1.54, 1.807) is 6.92 Å². The van der Waals surface area contributed by atoms with Crippen LogP contribution in [0.2, 0.25) is 0 Å². The number of rotatable bonds is 3. The molecular formula is C10H11BrF3N. The number of hydrogen-bond donors (Lipinski definition) is 1. The van der Waals surface area contributed by atoms with E-state index in [1.807, 2.05) is 0 Å². The predicted molar refractivity (Wildman–Crippen MR) is 56.1 cm³/mol. The van der Waals surface area contributed by atoms with E-state index in [4.69, 9.17) is 5.73 Å². The van der Waals surface area contributed by atoms with Crippen LogP contribution >= 0.6 is 15.9 Å². The maximum Gasteiger partial charge on any atom is 0.195 e. The van der Waals surface area contributed by atoms with Gasteiger partial charge in [-0.05, 0) is 46.4 Å². The summed E-state index contributed by atoms with van der Waals surface area (Å²) in [5, 5.41) is 0. The maximum atomic E-state index is 13.3. The smallest absolute Gasteiger partial charge is 0.195 e. The van der Waals surface area contributed by atoms with Crippen LogP contribution in [0.3, 0.4) is 0 Å². The van der Waals surface area contributed by atoms with Crippen molar-refractivity contribution in [3.05, 3.63) is 33.6 Å². The Kier molecular flexibility index (Phi) is 4.16. The van der Waals surface area contributed by atoms with Gasteiger partial charge in [-0.15, -0.1) is 0 Å². The van der Waals surface area contributed by atoms with Crippen LogP contribution in [0.4, 0.5) is 13.2 Å². The van der Waals surface area contributed by atoms with Crippen LogP contribution in [0.5, 0.6) is 0 Å². The molecule has 1 unspecified atom stereocenters. The Morgan fingerprint density at radius 1 is 1.27 bits per heavy atom. The largest absolute Gasteiger partial charge is 0.330 e. The van der Waals surface area contributed by atoms with Crippen molar-refractivity contribution < 1.29 is 13.2 Å². The van der Waals surface area contributed by atoms with Crippen molar-refractivity contribution in [3.63, 3.8) is 0 Å². The second-order valence-corrected chi connectivity index (χ2v) is 4.22. The first kappa shape index (κ1) is 12.5. The number of halogens is 4. The molecule has 0 aromatic heterocycles. The molecule has 1 rings (SSSR count). The van der Waals surface area contributed by atoms with Crippen molar-refractivity contribution in [1.82, 2.24) is 0 Å². The summed E-state index contributed by atoms with van der Waals surface area (Å²) in [6, 6.07) is 1.26. The fourth-order valence-electron chi connectivity index (χ4n) is 1.36. The maximum absolute atomic E-state index is 13.3. The van der Waals surface area contributed by atoms with Crippen LogP contribution < -0.4 is 5.73 Å². The van der Waals surface area contributed by atoms with Crippen LogP contribution in [-0.2, 0) is 0 Å². The molecule has 1 atom stereocenters. The third-order valence-electron chi connectivity index (χ3n) is 2.26. The average molecular weight is 282 g/mol. The highest BCUT2D eigenvalue weighted by molar-refractivity contribution is 9.10. The number of hydrogen-bond acceptors (Lipinski definition) is 1.